The van der Waals surface area contributed by atoms with Crippen LogP contribution in [-0.4, -0.2) is 59.5 Å². The number of nitrogens with zero attached hydrogens (tertiary/aromatic N) is 3. The van der Waals surface area contributed by atoms with Crippen molar-refractivity contribution in [2.75, 3.05) is 20.7 Å². The predicted octanol–water partition coefficient (Wildman–Crippen LogP) is 2.64. The van der Waals surface area contributed by atoms with Crippen LogP contribution in [0, 0.1) is 17.2 Å². The van der Waals surface area contributed by atoms with Crippen molar-refractivity contribution in [3.63, 3.8) is 0 Å². The Bertz CT molecular complexity index is 1010. The van der Waals surface area contributed by atoms with E-state index in [4.69, 9.17) is 0 Å². The molecule has 30 heavy (non-hydrogen) atoms. The number of aliphatic hydroxyl groups is 1. The maximum absolute atomic E-state index is 12.6. The first kappa shape index (κ1) is 20.1. The summed E-state index contributed by atoms with van der Waals surface area (Å²) in [6, 6.07) is 16.5. The zero-order chi connectivity index (χ0) is 21.4. The molecule has 1 aliphatic carbocycles. The van der Waals surface area contributed by atoms with Crippen molar-refractivity contribution in [3.05, 3.63) is 59.7 Å². The Hall–Kier alpha value is -3.17. The number of hydrogen-bond acceptors (Lipinski definition) is 4. The molecule has 0 aromatic heterocycles. The van der Waals surface area contributed by atoms with Crippen LogP contribution in [0.3, 0.4) is 0 Å². The standard InChI is InChI=1S/C24H25N3O3/c1-26(2)23(29)16-9-7-15(8-10-16)18-5-3-4-6-19(18)22-20(13-25)27(21(22)14-28)24(30)17-11-12-17/h3-10,17,20-22,28H,11-12,14H2,1-2H3/t20-,21-,22-/m1/s1. The summed E-state index contributed by atoms with van der Waals surface area (Å²) in [5.41, 5.74) is 3.42. The molecule has 4 rings (SSSR count). The van der Waals surface area contributed by atoms with Gasteiger partial charge in [0.1, 0.15) is 6.04 Å². The highest BCUT2D eigenvalue weighted by atomic mass is 16.3. The average Bonchev–Trinajstić information content (AvgIpc) is 3.59. The van der Waals surface area contributed by atoms with Gasteiger partial charge in [-0.1, -0.05) is 36.4 Å². The number of carbonyl (C=O) groups excluding carboxylic acids is 2. The van der Waals surface area contributed by atoms with Crippen LogP contribution in [0.2, 0.25) is 0 Å². The molecule has 0 spiro atoms. The molecule has 2 aliphatic rings. The molecule has 6 heteroatoms. The molecule has 1 saturated carbocycles. The minimum atomic E-state index is -0.578. The van der Waals surface area contributed by atoms with Crippen molar-refractivity contribution in [2.45, 2.75) is 30.8 Å². The Labute approximate surface area is 176 Å². The zero-order valence-electron chi connectivity index (χ0n) is 17.2. The fourth-order valence-corrected chi connectivity index (χ4v) is 4.33. The Balaban J connectivity index is 1.67. The maximum Gasteiger partial charge on any atom is 0.253 e. The quantitative estimate of drug-likeness (QED) is 0.832. The van der Waals surface area contributed by atoms with Gasteiger partial charge in [-0.2, -0.15) is 5.26 Å². The number of nitriles is 1. The monoisotopic (exact) mass is 403 g/mol. The molecule has 154 valence electrons. The number of aliphatic hydroxyl groups excluding tert-OH is 1. The molecule has 3 atom stereocenters. The fraction of sp³-hybridized carbons (Fsp3) is 0.375. The lowest BCUT2D eigenvalue weighted by atomic mass is 9.73. The van der Waals surface area contributed by atoms with E-state index in [2.05, 4.69) is 6.07 Å². The van der Waals surface area contributed by atoms with Gasteiger partial charge >= 0.3 is 0 Å². The van der Waals surface area contributed by atoms with Crippen molar-refractivity contribution < 1.29 is 14.7 Å². The number of rotatable bonds is 5. The summed E-state index contributed by atoms with van der Waals surface area (Å²) in [4.78, 5) is 27.9. The summed E-state index contributed by atoms with van der Waals surface area (Å²) < 4.78 is 0. The van der Waals surface area contributed by atoms with E-state index in [9.17, 15) is 20.0 Å². The largest absolute Gasteiger partial charge is 0.394 e. The van der Waals surface area contributed by atoms with E-state index in [0.29, 0.717) is 5.56 Å². The average molecular weight is 403 g/mol. The van der Waals surface area contributed by atoms with Crippen LogP contribution in [0.1, 0.15) is 34.7 Å². The van der Waals surface area contributed by atoms with Gasteiger partial charge in [0.15, 0.2) is 0 Å². The maximum atomic E-state index is 12.6. The fourth-order valence-electron chi connectivity index (χ4n) is 4.33. The van der Waals surface area contributed by atoms with Crippen LogP contribution >= 0.6 is 0 Å². The van der Waals surface area contributed by atoms with E-state index < -0.39 is 12.1 Å². The van der Waals surface area contributed by atoms with Crippen LogP contribution in [0.4, 0.5) is 0 Å². The molecular weight excluding hydrogens is 378 g/mol. The van der Waals surface area contributed by atoms with Crippen molar-refractivity contribution in [2.24, 2.45) is 5.92 Å². The SMILES string of the molecule is CN(C)C(=O)c1ccc(-c2ccccc2[C@@H]2[C@@H](C#N)N(C(=O)C3CC3)[C@@H]2CO)cc1. The summed E-state index contributed by atoms with van der Waals surface area (Å²) in [6.45, 7) is -0.175. The molecule has 2 fully saturated rings. The molecule has 0 bridgehead atoms. The third-order valence-corrected chi connectivity index (χ3v) is 6.08. The van der Waals surface area contributed by atoms with Gasteiger partial charge in [0.2, 0.25) is 5.91 Å². The van der Waals surface area contributed by atoms with Crippen LogP contribution in [0.25, 0.3) is 11.1 Å². The summed E-state index contributed by atoms with van der Waals surface area (Å²) in [5.74, 6) is -0.316. The van der Waals surface area contributed by atoms with E-state index in [1.165, 1.54) is 4.90 Å². The molecule has 6 nitrogen and oxygen atoms in total. The summed E-state index contributed by atoms with van der Waals surface area (Å²) in [6.07, 6.45) is 1.73. The Morgan fingerprint density at radius 1 is 1.13 bits per heavy atom. The first-order chi connectivity index (χ1) is 14.5. The molecule has 1 aliphatic heterocycles. The van der Waals surface area contributed by atoms with Gasteiger partial charge in [-0.15, -0.1) is 0 Å². The lowest BCUT2D eigenvalue weighted by Crippen LogP contribution is -2.65. The van der Waals surface area contributed by atoms with E-state index in [1.54, 1.807) is 31.1 Å². The third-order valence-electron chi connectivity index (χ3n) is 6.08. The number of carbonyl (C=O) groups is 2. The van der Waals surface area contributed by atoms with Gasteiger partial charge in [0.25, 0.3) is 5.91 Å². The third kappa shape index (κ3) is 3.35. The highest BCUT2D eigenvalue weighted by Crippen LogP contribution is 2.46. The first-order valence-electron chi connectivity index (χ1n) is 10.2. The number of likely N-dealkylation sites (tertiary alicyclic amines) is 1. The topological polar surface area (TPSA) is 84.6 Å². The van der Waals surface area contributed by atoms with Gasteiger partial charge in [-0.05, 0) is 41.7 Å². The number of amides is 2. The predicted molar refractivity (Wildman–Crippen MR) is 112 cm³/mol. The van der Waals surface area contributed by atoms with Gasteiger partial charge < -0.3 is 14.9 Å². The highest BCUT2D eigenvalue weighted by Gasteiger charge is 2.54. The number of benzene rings is 2. The van der Waals surface area contributed by atoms with E-state index in [1.807, 2.05) is 36.4 Å². The van der Waals surface area contributed by atoms with Crippen molar-refractivity contribution >= 4 is 11.8 Å². The second-order valence-electron chi connectivity index (χ2n) is 8.23. The van der Waals surface area contributed by atoms with Crippen LogP contribution in [-0.2, 0) is 4.79 Å². The van der Waals surface area contributed by atoms with Gasteiger partial charge in [-0.25, -0.2) is 0 Å². The van der Waals surface area contributed by atoms with Crippen molar-refractivity contribution in [1.29, 1.82) is 5.26 Å². The zero-order valence-corrected chi connectivity index (χ0v) is 17.2. The molecule has 2 aromatic carbocycles. The molecule has 0 radical (unpaired) electrons. The second kappa shape index (κ2) is 7.92. The van der Waals surface area contributed by atoms with E-state index >= 15 is 0 Å². The Morgan fingerprint density at radius 3 is 2.37 bits per heavy atom. The van der Waals surface area contributed by atoms with Crippen molar-refractivity contribution in [1.82, 2.24) is 9.80 Å². The van der Waals surface area contributed by atoms with Crippen LogP contribution in [0.5, 0.6) is 0 Å². The van der Waals surface area contributed by atoms with Gasteiger partial charge in [-0.3, -0.25) is 9.59 Å². The van der Waals surface area contributed by atoms with E-state index in [0.717, 1.165) is 29.5 Å². The number of hydrogen-bond donors (Lipinski definition) is 1. The molecule has 1 N–H and O–H groups in total. The van der Waals surface area contributed by atoms with Gasteiger partial charge in [0.05, 0.1) is 18.7 Å². The molecular formula is C24H25N3O3. The molecule has 2 aromatic rings. The minimum Gasteiger partial charge on any atom is -0.394 e. The Morgan fingerprint density at radius 2 is 1.80 bits per heavy atom. The van der Waals surface area contributed by atoms with Gasteiger partial charge in [0, 0.05) is 31.5 Å². The second-order valence-corrected chi connectivity index (χ2v) is 8.23. The molecule has 2 amide bonds. The van der Waals surface area contributed by atoms with Crippen LogP contribution < -0.4 is 0 Å². The Kier molecular flexibility index (Phi) is 5.31. The van der Waals surface area contributed by atoms with Crippen molar-refractivity contribution in [3.8, 4) is 17.2 Å². The smallest absolute Gasteiger partial charge is 0.253 e. The highest BCUT2D eigenvalue weighted by molar-refractivity contribution is 5.94. The normalized spacial score (nSPS) is 22.7. The molecule has 1 heterocycles. The first-order valence-corrected chi connectivity index (χ1v) is 10.2. The lowest BCUT2D eigenvalue weighted by molar-refractivity contribution is -0.148. The summed E-state index contributed by atoms with van der Waals surface area (Å²) in [7, 11) is 3.43. The van der Waals surface area contributed by atoms with Crippen LogP contribution in [0.15, 0.2) is 48.5 Å². The lowest BCUT2D eigenvalue weighted by Gasteiger charge is -2.52. The minimum absolute atomic E-state index is 0.00729. The molecule has 0 unspecified atom stereocenters. The summed E-state index contributed by atoms with van der Waals surface area (Å²) >= 11 is 0. The van der Waals surface area contributed by atoms with E-state index in [-0.39, 0.29) is 30.3 Å². The summed E-state index contributed by atoms with van der Waals surface area (Å²) in [5, 5.41) is 19.8. The molecule has 1 saturated heterocycles.